The molecule has 1 N–H and O–H groups in total. The SMILES string of the molecule is OCCN1CCc2onc(-c3ccccc3)c2C1. The van der Waals surface area contributed by atoms with Gasteiger partial charge < -0.3 is 9.63 Å². The van der Waals surface area contributed by atoms with E-state index in [1.54, 1.807) is 0 Å². The highest BCUT2D eigenvalue weighted by Crippen LogP contribution is 2.29. The Morgan fingerprint density at radius 2 is 2.11 bits per heavy atom. The third-order valence-corrected chi connectivity index (χ3v) is 3.37. The third kappa shape index (κ3) is 2.05. The zero-order chi connectivity index (χ0) is 12.4. The van der Waals surface area contributed by atoms with Gasteiger partial charge in [0.15, 0.2) is 0 Å². The van der Waals surface area contributed by atoms with E-state index in [0.717, 1.165) is 36.5 Å². The number of benzene rings is 1. The van der Waals surface area contributed by atoms with Crippen LogP contribution in [0.15, 0.2) is 34.9 Å². The highest BCUT2D eigenvalue weighted by molar-refractivity contribution is 5.63. The van der Waals surface area contributed by atoms with Gasteiger partial charge in [-0.1, -0.05) is 35.5 Å². The van der Waals surface area contributed by atoms with E-state index in [9.17, 15) is 0 Å². The minimum Gasteiger partial charge on any atom is -0.395 e. The van der Waals surface area contributed by atoms with Crippen LogP contribution < -0.4 is 0 Å². The number of β-amino-alcohol motifs (C(OH)–C–C–N with tert-alkyl or cyclic N) is 1. The fourth-order valence-corrected chi connectivity index (χ4v) is 2.42. The van der Waals surface area contributed by atoms with Crippen molar-refractivity contribution in [2.45, 2.75) is 13.0 Å². The fourth-order valence-electron chi connectivity index (χ4n) is 2.42. The monoisotopic (exact) mass is 244 g/mol. The van der Waals surface area contributed by atoms with Crippen LogP contribution in [0.25, 0.3) is 11.3 Å². The summed E-state index contributed by atoms with van der Waals surface area (Å²) in [7, 11) is 0. The van der Waals surface area contributed by atoms with Crippen LogP contribution >= 0.6 is 0 Å². The summed E-state index contributed by atoms with van der Waals surface area (Å²) in [6.07, 6.45) is 0.870. The Hall–Kier alpha value is -1.65. The van der Waals surface area contributed by atoms with Crippen molar-refractivity contribution in [3.05, 3.63) is 41.7 Å². The first kappa shape index (κ1) is 11.4. The van der Waals surface area contributed by atoms with Crippen LogP contribution in [0.4, 0.5) is 0 Å². The van der Waals surface area contributed by atoms with Crippen LogP contribution in [0.5, 0.6) is 0 Å². The van der Waals surface area contributed by atoms with Gasteiger partial charge in [-0.3, -0.25) is 4.90 Å². The van der Waals surface area contributed by atoms with E-state index in [0.29, 0.717) is 6.54 Å². The smallest absolute Gasteiger partial charge is 0.143 e. The number of hydrogen-bond donors (Lipinski definition) is 1. The van der Waals surface area contributed by atoms with Gasteiger partial charge in [-0.15, -0.1) is 0 Å². The molecule has 0 saturated carbocycles. The minimum absolute atomic E-state index is 0.196. The Kier molecular flexibility index (Phi) is 3.13. The topological polar surface area (TPSA) is 49.5 Å². The second-order valence-electron chi connectivity index (χ2n) is 4.55. The molecule has 0 fully saturated rings. The Labute approximate surface area is 106 Å². The number of rotatable bonds is 3. The van der Waals surface area contributed by atoms with Crippen LogP contribution in [0.1, 0.15) is 11.3 Å². The normalized spacial score (nSPS) is 15.6. The molecule has 0 spiro atoms. The second kappa shape index (κ2) is 4.92. The largest absolute Gasteiger partial charge is 0.395 e. The van der Waals surface area contributed by atoms with Gasteiger partial charge >= 0.3 is 0 Å². The van der Waals surface area contributed by atoms with E-state index in [-0.39, 0.29) is 6.61 Å². The molecule has 0 atom stereocenters. The first-order valence-corrected chi connectivity index (χ1v) is 6.24. The lowest BCUT2D eigenvalue weighted by Gasteiger charge is -2.24. The molecule has 3 rings (SSSR count). The summed E-state index contributed by atoms with van der Waals surface area (Å²) in [4.78, 5) is 2.23. The molecule has 0 aliphatic carbocycles. The maximum absolute atomic E-state index is 9.02. The summed E-state index contributed by atoms with van der Waals surface area (Å²) in [5.74, 6) is 0.989. The first-order chi connectivity index (χ1) is 8.88. The standard InChI is InChI=1S/C14H16N2O2/c17-9-8-16-7-6-13-12(10-16)14(15-18-13)11-4-2-1-3-5-11/h1-5,17H,6-10H2. The average molecular weight is 244 g/mol. The Balaban J connectivity index is 1.93. The van der Waals surface area contributed by atoms with Gasteiger partial charge in [0.1, 0.15) is 11.5 Å². The van der Waals surface area contributed by atoms with E-state index in [2.05, 4.69) is 10.1 Å². The fraction of sp³-hybridized carbons (Fsp3) is 0.357. The predicted molar refractivity (Wildman–Crippen MR) is 68.0 cm³/mol. The first-order valence-electron chi connectivity index (χ1n) is 6.24. The maximum atomic E-state index is 9.02. The van der Waals surface area contributed by atoms with Gasteiger partial charge in [-0.2, -0.15) is 0 Å². The number of aliphatic hydroxyl groups is 1. The molecular formula is C14H16N2O2. The molecular weight excluding hydrogens is 228 g/mol. The highest BCUT2D eigenvalue weighted by Gasteiger charge is 2.24. The van der Waals surface area contributed by atoms with Crippen LogP contribution in [-0.2, 0) is 13.0 Å². The molecule has 1 aliphatic rings. The van der Waals surface area contributed by atoms with Gasteiger partial charge in [0.25, 0.3) is 0 Å². The molecule has 1 aliphatic heterocycles. The van der Waals surface area contributed by atoms with Gasteiger partial charge in [0.05, 0.1) is 6.61 Å². The molecule has 1 aromatic heterocycles. The summed E-state index contributed by atoms with van der Waals surface area (Å²) < 4.78 is 5.43. The number of aromatic nitrogens is 1. The lowest BCUT2D eigenvalue weighted by molar-refractivity contribution is 0.178. The summed E-state index contributed by atoms with van der Waals surface area (Å²) in [5.41, 5.74) is 3.20. The summed E-state index contributed by atoms with van der Waals surface area (Å²) >= 11 is 0. The molecule has 4 nitrogen and oxygen atoms in total. The Bertz CT molecular complexity index is 522. The van der Waals surface area contributed by atoms with Crippen LogP contribution in [0, 0.1) is 0 Å². The van der Waals surface area contributed by atoms with Gasteiger partial charge in [0, 0.05) is 37.2 Å². The lowest BCUT2D eigenvalue weighted by atomic mass is 10.0. The second-order valence-corrected chi connectivity index (χ2v) is 4.55. The molecule has 18 heavy (non-hydrogen) atoms. The van der Waals surface area contributed by atoms with Gasteiger partial charge in [0.2, 0.25) is 0 Å². The number of aliphatic hydroxyl groups excluding tert-OH is 1. The number of nitrogens with zero attached hydrogens (tertiary/aromatic N) is 2. The van der Waals surface area contributed by atoms with Crippen LogP contribution in [0.3, 0.4) is 0 Å². The molecule has 0 saturated heterocycles. The lowest BCUT2D eigenvalue weighted by Crippen LogP contribution is -2.32. The molecule has 0 amide bonds. The molecule has 2 heterocycles. The van der Waals surface area contributed by atoms with E-state index in [1.165, 1.54) is 5.56 Å². The van der Waals surface area contributed by atoms with Crippen molar-refractivity contribution in [3.63, 3.8) is 0 Å². The summed E-state index contributed by atoms with van der Waals surface area (Å²) in [5, 5.41) is 13.2. The van der Waals surface area contributed by atoms with Crippen LogP contribution in [-0.4, -0.2) is 34.9 Å². The van der Waals surface area contributed by atoms with Crippen molar-refractivity contribution >= 4 is 0 Å². The van der Waals surface area contributed by atoms with E-state index in [4.69, 9.17) is 9.63 Å². The van der Waals surface area contributed by atoms with E-state index in [1.807, 2.05) is 30.3 Å². The zero-order valence-electron chi connectivity index (χ0n) is 10.2. The number of hydrogen-bond acceptors (Lipinski definition) is 4. The van der Waals surface area contributed by atoms with E-state index >= 15 is 0 Å². The molecule has 1 aromatic carbocycles. The van der Waals surface area contributed by atoms with Crippen molar-refractivity contribution < 1.29 is 9.63 Å². The van der Waals surface area contributed by atoms with E-state index < -0.39 is 0 Å². The molecule has 0 unspecified atom stereocenters. The predicted octanol–water partition coefficient (Wildman–Crippen LogP) is 1.69. The minimum atomic E-state index is 0.196. The summed E-state index contributed by atoms with van der Waals surface area (Å²) in [6, 6.07) is 10.1. The Morgan fingerprint density at radius 3 is 2.89 bits per heavy atom. The molecule has 0 radical (unpaired) electrons. The highest BCUT2D eigenvalue weighted by atomic mass is 16.5. The molecule has 94 valence electrons. The number of fused-ring (bicyclic) bond motifs is 1. The van der Waals surface area contributed by atoms with Crippen molar-refractivity contribution in [3.8, 4) is 11.3 Å². The molecule has 0 bridgehead atoms. The summed E-state index contributed by atoms with van der Waals surface area (Å²) in [6.45, 7) is 2.64. The van der Waals surface area contributed by atoms with Crippen molar-refractivity contribution in [1.82, 2.24) is 10.1 Å². The van der Waals surface area contributed by atoms with Crippen molar-refractivity contribution in [2.75, 3.05) is 19.7 Å². The molecule has 4 heteroatoms. The van der Waals surface area contributed by atoms with Gasteiger partial charge in [-0.05, 0) is 0 Å². The Morgan fingerprint density at radius 1 is 1.28 bits per heavy atom. The molecule has 2 aromatic rings. The maximum Gasteiger partial charge on any atom is 0.143 e. The zero-order valence-corrected chi connectivity index (χ0v) is 10.2. The van der Waals surface area contributed by atoms with Crippen molar-refractivity contribution in [1.29, 1.82) is 0 Å². The van der Waals surface area contributed by atoms with Crippen molar-refractivity contribution in [2.24, 2.45) is 0 Å². The average Bonchev–Trinajstić information content (AvgIpc) is 2.83. The third-order valence-electron chi connectivity index (χ3n) is 3.37. The van der Waals surface area contributed by atoms with Gasteiger partial charge in [-0.25, -0.2) is 0 Å². The quantitative estimate of drug-likeness (QED) is 0.892. The van der Waals surface area contributed by atoms with Crippen LogP contribution in [0.2, 0.25) is 0 Å².